The van der Waals surface area contributed by atoms with E-state index in [2.05, 4.69) is 45.8 Å². The lowest BCUT2D eigenvalue weighted by Gasteiger charge is -2.11. The predicted octanol–water partition coefficient (Wildman–Crippen LogP) is 3.09. The van der Waals surface area contributed by atoms with Gasteiger partial charge in [-0.3, -0.25) is 4.98 Å². The minimum atomic E-state index is -0.178. The molecule has 3 aromatic rings. The molecule has 0 aliphatic carbocycles. The molecule has 0 saturated heterocycles. The van der Waals surface area contributed by atoms with Crippen molar-refractivity contribution in [3.05, 3.63) is 52.7 Å². The van der Waals surface area contributed by atoms with Gasteiger partial charge in [0.05, 0.1) is 22.1 Å². The van der Waals surface area contributed by atoms with Gasteiger partial charge < -0.3 is 5.73 Å². The molecule has 0 saturated carbocycles. The number of benzene rings is 1. The highest BCUT2D eigenvalue weighted by molar-refractivity contribution is 7.05. The summed E-state index contributed by atoms with van der Waals surface area (Å²) in [5.41, 5.74) is 9.43. The van der Waals surface area contributed by atoms with E-state index in [-0.39, 0.29) is 6.04 Å². The van der Waals surface area contributed by atoms with Gasteiger partial charge in [0.15, 0.2) is 0 Å². The number of hydrogen-bond donors (Lipinski definition) is 1. The molecular weight excluding hydrogens is 268 g/mol. The maximum atomic E-state index is 6.39. The zero-order chi connectivity index (χ0) is 13.9. The number of hydrogen-bond acceptors (Lipinski definition) is 5. The first-order valence-corrected chi connectivity index (χ1v) is 7.48. The summed E-state index contributed by atoms with van der Waals surface area (Å²) >= 11 is 1.39. The van der Waals surface area contributed by atoms with Gasteiger partial charge >= 0.3 is 0 Å². The zero-order valence-electron chi connectivity index (χ0n) is 11.3. The molecule has 5 heteroatoms. The van der Waals surface area contributed by atoms with Gasteiger partial charge in [-0.2, -0.15) is 0 Å². The molecule has 0 spiro atoms. The molecule has 20 heavy (non-hydrogen) atoms. The van der Waals surface area contributed by atoms with E-state index in [1.807, 2.05) is 6.07 Å². The van der Waals surface area contributed by atoms with Crippen molar-refractivity contribution < 1.29 is 0 Å². The Morgan fingerprint density at radius 3 is 3.05 bits per heavy atom. The fourth-order valence-electron chi connectivity index (χ4n) is 2.29. The summed E-state index contributed by atoms with van der Waals surface area (Å²) in [5.74, 6) is 0. The van der Waals surface area contributed by atoms with Crippen LogP contribution in [0.2, 0.25) is 0 Å². The normalized spacial score (nSPS) is 12.7. The fraction of sp³-hybridized carbons (Fsp3) is 0.267. The molecule has 3 rings (SSSR count). The molecule has 4 nitrogen and oxygen atoms in total. The monoisotopic (exact) mass is 284 g/mol. The molecule has 0 amide bonds. The van der Waals surface area contributed by atoms with Crippen molar-refractivity contribution in [2.45, 2.75) is 25.8 Å². The van der Waals surface area contributed by atoms with Crippen LogP contribution in [0.25, 0.3) is 10.9 Å². The Kier molecular flexibility index (Phi) is 3.71. The van der Waals surface area contributed by atoms with Crippen LogP contribution in [0.4, 0.5) is 0 Å². The van der Waals surface area contributed by atoms with Crippen LogP contribution in [0.15, 0.2) is 36.5 Å². The van der Waals surface area contributed by atoms with E-state index in [1.54, 1.807) is 6.20 Å². The first-order chi connectivity index (χ1) is 9.79. The van der Waals surface area contributed by atoms with E-state index in [0.29, 0.717) is 0 Å². The van der Waals surface area contributed by atoms with Gasteiger partial charge in [-0.25, -0.2) is 0 Å². The lowest BCUT2D eigenvalue weighted by Crippen LogP contribution is -2.12. The Morgan fingerprint density at radius 1 is 1.30 bits per heavy atom. The smallest absolute Gasteiger partial charge is 0.0807 e. The molecule has 2 heterocycles. The minimum absolute atomic E-state index is 0.178. The van der Waals surface area contributed by atoms with Gasteiger partial charge in [0.25, 0.3) is 0 Å². The van der Waals surface area contributed by atoms with Crippen molar-refractivity contribution >= 4 is 22.4 Å². The van der Waals surface area contributed by atoms with Crippen LogP contribution in [0.1, 0.15) is 35.5 Å². The van der Waals surface area contributed by atoms with Gasteiger partial charge in [-0.1, -0.05) is 36.0 Å². The molecule has 1 aromatic carbocycles. The number of nitrogens with zero attached hydrogens (tertiary/aromatic N) is 3. The maximum Gasteiger partial charge on any atom is 0.0807 e. The summed E-state index contributed by atoms with van der Waals surface area (Å²) in [6.45, 7) is 2.13. The molecule has 1 atom stereocenters. The second-order valence-electron chi connectivity index (χ2n) is 4.77. The molecule has 0 fully saturated rings. The second-order valence-corrected chi connectivity index (χ2v) is 5.55. The number of fused-ring (bicyclic) bond motifs is 1. The highest BCUT2D eigenvalue weighted by atomic mass is 32.1. The largest absolute Gasteiger partial charge is 0.319 e. The summed E-state index contributed by atoms with van der Waals surface area (Å²) in [7, 11) is 0. The second kappa shape index (κ2) is 5.64. The Hall–Kier alpha value is -1.85. The molecule has 0 bridgehead atoms. The van der Waals surface area contributed by atoms with Crippen LogP contribution in [-0.4, -0.2) is 14.6 Å². The van der Waals surface area contributed by atoms with E-state index < -0.39 is 0 Å². The van der Waals surface area contributed by atoms with Crippen molar-refractivity contribution in [1.82, 2.24) is 14.6 Å². The standard InChI is InChI=1S/C15H16N4S/c1-2-4-12-15(20-19-18-12)14(16)11-7-6-10-5-3-8-17-13(10)9-11/h3,5-9,14H,2,4,16H2,1H3. The molecule has 0 aliphatic rings. The molecule has 2 N–H and O–H groups in total. The SMILES string of the molecule is CCCc1nnsc1C(N)c1ccc2cccnc2c1. The van der Waals surface area contributed by atoms with Crippen LogP contribution in [-0.2, 0) is 6.42 Å². The third-order valence-electron chi connectivity index (χ3n) is 3.34. The van der Waals surface area contributed by atoms with Crippen molar-refractivity contribution in [3.63, 3.8) is 0 Å². The predicted molar refractivity (Wildman–Crippen MR) is 81.7 cm³/mol. The number of aromatic nitrogens is 3. The molecular formula is C15H16N4S. The summed E-state index contributed by atoms with van der Waals surface area (Å²) in [5, 5.41) is 5.31. The third-order valence-corrected chi connectivity index (χ3v) is 4.19. The van der Waals surface area contributed by atoms with Gasteiger partial charge in [0.1, 0.15) is 0 Å². The molecule has 1 unspecified atom stereocenters. The highest BCUT2D eigenvalue weighted by Gasteiger charge is 2.17. The third kappa shape index (κ3) is 2.42. The Labute approximate surface area is 121 Å². The van der Waals surface area contributed by atoms with Crippen LogP contribution in [0.3, 0.4) is 0 Å². The zero-order valence-corrected chi connectivity index (χ0v) is 12.1. The Morgan fingerprint density at radius 2 is 2.20 bits per heavy atom. The van der Waals surface area contributed by atoms with E-state index in [0.717, 1.165) is 39.9 Å². The van der Waals surface area contributed by atoms with Crippen molar-refractivity contribution in [3.8, 4) is 0 Å². The number of pyridine rings is 1. The van der Waals surface area contributed by atoms with Gasteiger partial charge in [-0.15, -0.1) is 5.10 Å². The van der Waals surface area contributed by atoms with Gasteiger partial charge in [0, 0.05) is 11.6 Å². The Bertz CT molecular complexity index is 722. The summed E-state index contributed by atoms with van der Waals surface area (Å²) in [6, 6.07) is 9.98. The summed E-state index contributed by atoms with van der Waals surface area (Å²) in [4.78, 5) is 5.44. The average Bonchev–Trinajstić information content (AvgIpc) is 2.94. The average molecular weight is 284 g/mol. The van der Waals surface area contributed by atoms with E-state index in [4.69, 9.17) is 5.73 Å². The maximum absolute atomic E-state index is 6.39. The highest BCUT2D eigenvalue weighted by Crippen LogP contribution is 2.27. The van der Waals surface area contributed by atoms with E-state index >= 15 is 0 Å². The van der Waals surface area contributed by atoms with Crippen molar-refractivity contribution in [1.29, 1.82) is 0 Å². The van der Waals surface area contributed by atoms with Crippen molar-refractivity contribution in [2.24, 2.45) is 5.73 Å². The lowest BCUT2D eigenvalue weighted by molar-refractivity contribution is 0.814. The first-order valence-electron chi connectivity index (χ1n) is 6.71. The van der Waals surface area contributed by atoms with Crippen molar-refractivity contribution in [2.75, 3.05) is 0 Å². The van der Waals surface area contributed by atoms with Crippen LogP contribution >= 0.6 is 11.5 Å². The summed E-state index contributed by atoms with van der Waals surface area (Å²) < 4.78 is 4.05. The molecule has 0 aliphatic heterocycles. The lowest BCUT2D eigenvalue weighted by atomic mass is 10.0. The molecule has 0 radical (unpaired) electrons. The fourth-order valence-corrected chi connectivity index (χ4v) is 3.02. The van der Waals surface area contributed by atoms with Gasteiger partial charge in [0.2, 0.25) is 0 Å². The first kappa shape index (κ1) is 13.1. The Balaban J connectivity index is 1.99. The molecule has 2 aromatic heterocycles. The van der Waals surface area contributed by atoms with E-state index in [1.165, 1.54) is 11.5 Å². The topological polar surface area (TPSA) is 64.7 Å². The summed E-state index contributed by atoms with van der Waals surface area (Å²) in [6.07, 6.45) is 3.77. The number of nitrogens with two attached hydrogens (primary N) is 1. The number of aryl methyl sites for hydroxylation is 1. The van der Waals surface area contributed by atoms with Crippen LogP contribution in [0, 0.1) is 0 Å². The van der Waals surface area contributed by atoms with Crippen LogP contribution < -0.4 is 5.73 Å². The molecule has 102 valence electrons. The van der Waals surface area contributed by atoms with Crippen LogP contribution in [0.5, 0.6) is 0 Å². The quantitative estimate of drug-likeness (QED) is 0.799. The number of rotatable bonds is 4. The van der Waals surface area contributed by atoms with E-state index in [9.17, 15) is 0 Å². The van der Waals surface area contributed by atoms with Gasteiger partial charge in [-0.05, 0) is 35.6 Å². The minimum Gasteiger partial charge on any atom is -0.319 e.